The van der Waals surface area contributed by atoms with Crippen LogP contribution >= 0.6 is 0 Å². The van der Waals surface area contributed by atoms with E-state index in [1.54, 1.807) is 26.1 Å². The molecule has 0 saturated heterocycles. The first-order valence-electron chi connectivity index (χ1n) is 4.38. The maximum Gasteiger partial charge on any atom is 0.144 e. The molecule has 2 aromatic heterocycles. The molecule has 0 unspecified atom stereocenters. The van der Waals surface area contributed by atoms with Crippen molar-refractivity contribution in [2.45, 2.75) is 13.8 Å². The van der Waals surface area contributed by atoms with Crippen LogP contribution in [0.4, 0.5) is 0 Å². The van der Waals surface area contributed by atoms with Crippen molar-refractivity contribution in [1.29, 1.82) is 5.26 Å². The highest BCUT2D eigenvalue weighted by atomic mass is 16.5. The van der Waals surface area contributed by atoms with Crippen molar-refractivity contribution in [2.24, 2.45) is 0 Å². The highest BCUT2D eigenvalue weighted by Gasteiger charge is 2.09. The van der Waals surface area contributed by atoms with Gasteiger partial charge in [0.05, 0.1) is 17.5 Å². The number of hydrogen-bond acceptors (Lipinski definition) is 5. The van der Waals surface area contributed by atoms with Crippen LogP contribution in [0.2, 0.25) is 0 Å². The van der Waals surface area contributed by atoms with Crippen LogP contribution in [0, 0.1) is 25.2 Å². The normalized spacial score (nSPS) is 9.93. The Hall–Kier alpha value is -2.22. The highest BCUT2D eigenvalue weighted by Crippen LogP contribution is 2.21. The molecule has 0 bridgehead atoms. The smallest absolute Gasteiger partial charge is 0.144 e. The van der Waals surface area contributed by atoms with Gasteiger partial charge in [0.1, 0.15) is 23.3 Å². The van der Waals surface area contributed by atoms with Gasteiger partial charge in [-0.1, -0.05) is 5.16 Å². The molecular weight excluding hydrogens is 192 g/mol. The van der Waals surface area contributed by atoms with E-state index in [1.807, 2.05) is 6.07 Å². The Bertz CT molecular complexity index is 539. The topological polar surface area (TPSA) is 75.6 Å². The molecule has 0 N–H and O–H groups in total. The van der Waals surface area contributed by atoms with E-state index in [0.29, 0.717) is 23.0 Å². The van der Waals surface area contributed by atoms with Gasteiger partial charge in [-0.2, -0.15) is 5.26 Å². The van der Waals surface area contributed by atoms with E-state index in [0.717, 1.165) is 5.56 Å². The summed E-state index contributed by atoms with van der Waals surface area (Å²) in [6.45, 7) is 3.54. The Morgan fingerprint density at radius 2 is 2.13 bits per heavy atom. The first kappa shape index (κ1) is 9.34. The Balaban J connectivity index is 2.59. The molecule has 5 heteroatoms. The standard InChI is InChI=1S/C10H8N4O/c1-6-9(5-12-15-6)10-3-8(4-11)13-7(2)14-10/h3,5H,1-2H3. The van der Waals surface area contributed by atoms with Crippen molar-refractivity contribution in [3.63, 3.8) is 0 Å². The summed E-state index contributed by atoms with van der Waals surface area (Å²) in [7, 11) is 0. The van der Waals surface area contributed by atoms with Crippen molar-refractivity contribution in [3.05, 3.63) is 29.5 Å². The third-order valence-corrected chi connectivity index (χ3v) is 1.98. The van der Waals surface area contributed by atoms with Gasteiger partial charge in [0.25, 0.3) is 0 Å². The third-order valence-electron chi connectivity index (χ3n) is 1.98. The second kappa shape index (κ2) is 3.50. The maximum absolute atomic E-state index is 8.77. The number of aryl methyl sites for hydroxylation is 2. The first-order valence-corrected chi connectivity index (χ1v) is 4.38. The van der Waals surface area contributed by atoms with Crippen LogP contribution in [-0.4, -0.2) is 15.1 Å². The SMILES string of the molecule is Cc1nc(C#N)cc(-c2cnoc2C)n1. The fourth-order valence-electron chi connectivity index (χ4n) is 1.31. The van der Waals surface area contributed by atoms with Gasteiger partial charge >= 0.3 is 0 Å². The fourth-order valence-corrected chi connectivity index (χ4v) is 1.31. The summed E-state index contributed by atoms with van der Waals surface area (Å²) in [6.07, 6.45) is 1.58. The zero-order valence-electron chi connectivity index (χ0n) is 8.35. The van der Waals surface area contributed by atoms with Crippen LogP contribution in [0.5, 0.6) is 0 Å². The second-order valence-electron chi connectivity index (χ2n) is 3.09. The molecule has 74 valence electrons. The Morgan fingerprint density at radius 1 is 1.33 bits per heavy atom. The minimum atomic E-state index is 0.345. The van der Waals surface area contributed by atoms with Gasteiger partial charge in [-0.15, -0.1) is 0 Å². The lowest BCUT2D eigenvalue weighted by Gasteiger charge is -1.99. The molecule has 0 fully saturated rings. The Morgan fingerprint density at radius 3 is 2.73 bits per heavy atom. The van der Waals surface area contributed by atoms with Crippen LogP contribution in [0.3, 0.4) is 0 Å². The molecular formula is C10H8N4O. The quantitative estimate of drug-likeness (QED) is 0.699. The molecule has 0 aliphatic rings. The van der Waals surface area contributed by atoms with Crippen molar-refractivity contribution < 1.29 is 4.52 Å². The van der Waals surface area contributed by atoms with Crippen molar-refractivity contribution in [3.8, 4) is 17.3 Å². The fraction of sp³-hybridized carbons (Fsp3) is 0.200. The highest BCUT2D eigenvalue weighted by molar-refractivity contribution is 5.60. The van der Waals surface area contributed by atoms with E-state index in [4.69, 9.17) is 9.78 Å². The van der Waals surface area contributed by atoms with E-state index in [-0.39, 0.29) is 0 Å². The minimum absolute atomic E-state index is 0.345. The molecule has 0 aromatic carbocycles. The van der Waals surface area contributed by atoms with Crippen LogP contribution < -0.4 is 0 Å². The number of rotatable bonds is 1. The predicted molar refractivity (Wildman–Crippen MR) is 51.7 cm³/mol. The van der Waals surface area contributed by atoms with Crippen LogP contribution in [-0.2, 0) is 0 Å². The zero-order chi connectivity index (χ0) is 10.8. The average Bonchev–Trinajstić information content (AvgIpc) is 2.63. The third kappa shape index (κ3) is 1.70. The van der Waals surface area contributed by atoms with E-state index < -0.39 is 0 Å². The van der Waals surface area contributed by atoms with Gasteiger partial charge < -0.3 is 4.52 Å². The summed E-state index contributed by atoms with van der Waals surface area (Å²) >= 11 is 0. The van der Waals surface area contributed by atoms with Crippen molar-refractivity contribution in [2.75, 3.05) is 0 Å². The van der Waals surface area contributed by atoms with Crippen LogP contribution in [0.25, 0.3) is 11.3 Å². The van der Waals surface area contributed by atoms with E-state index in [1.165, 1.54) is 0 Å². The molecule has 2 aromatic rings. The van der Waals surface area contributed by atoms with Gasteiger partial charge in [-0.3, -0.25) is 0 Å². The number of nitrogens with zero attached hydrogens (tertiary/aromatic N) is 4. The summed E-state index contributed by atoms with van der Waals surface area (Å²) in [6, 6.07) is 3.61. The Kier molecular flexibility index (Phi) is 2.18. The summed E-state index contributed by atoms with van der Waals surface area (Å²) in [5.74, 6) is 1.24. The zero-order valence-corrected chi connectivity index (χ0v) is 8.35. The Labute approximate surface area is 86.4 Å². The number of aromatic nitrogens is 3. The lowest BCUT2D eigenvalue weighted by molar-refractivity contribution is 0.398. The summed E-state index contributed by atoms with van der Waals surface area (Å²) < 4.78 is 4.94. The minimum Gasteiger partial charge on any atom is -0.361 e. The molecule has 0 aliphatic carbocycles. The molecule has 2 rings (SSSR count). The average molecular weight is 200 g/mol. The summed E-state index contributed by atoms with van der Waals surface area (Å²) in [4.78, 5) is 8.19. The lowest BCUT2D eigenvalue weighted by atomic mass is 10.2. The molecule has 0 atom stereocenters. The van der Waals surface area contributed by atoms with Crippen molar-refractivity contribution >= 4 is 0 Å². The lowest BCUT2D eigenvalue weighted by Crippen LogP contribution is -1.94. The van der Waals surface area contributed by atoms with E-state index in [9.17, 15) is 0 Å². The van der Waals surface area contributed by atoms with E-state index in [2.05, 4.69) is 15.1 Å². The molecule has 0 radical (unpaired) electrons. The molecule has 5 nitrogen and oxygen atoms in total. The van der Waals surface area contributed by atoms with Gasteiger partial charge in [0.2, 0.25) is 0 Å². The monoisotopic (exact) mass is 200 g/mol. The second-order valence-corrected chi connectivity index (χ2v) is 3.09. The first-order chi connectivity index (χ1) is 7.20. The molecule has 0 spiro atoms. The number of hydrogen-bond donors (Lipinski definition) is 0. The maximum atomic E-state index is 8.77. The molecule has 0 aliphatic heterocycles. The van der Waals surface area contributed by atoms with Gasteiger partial charge in [0, 0.05) is 6.07 Å². The van der Waals surface area contributed by atoms with Crippen LogP contribution in [0.15, 0.2) is 16.8 Å². The summed E-state index contributed by atoms with van der Waals surface area (Å²) in [5, 5.41) is 12.4. The largest absolute Gasteiger partial charge is 0.361 e. The molecule has 0 saturated carbocycles. The predicted octanol–water partition coefficient (Wildman–Crippen LogP) is 1.62. The van der Waals surface area contributed by atoms with Gasteiger partial charge in [0.15, 0.2) is 0 Å². The van der Waals surface area contributed by atoms with Gasteiger partial charge in [-0.25, -0.2) is 9.97 Å². The molecule has 0 amide bonds. The van der Waals surface area contributed by atoms with Crippen LogP contribution in [0.1, 0.15) is 17.3 Å². The summed E-state index contributed by atoms with van der Waals surface area (Å²) in [5.41, 5.74) is 1.80. The molecule has 15 heavy (non-hydrogen) atoms. The van der Waals surface area contributed by atoms with Crippen molar-refractivity contribution in [1.82, 2.24) is 15.1 Å². The van der Waals surface area contributed by atoms with E-state index >= 15 is 0 Å². The number of nitriles is 1. The van der Waals surface area contributed by atoms with Gasteiger partial charge in [-0.05, 0) is 13.8 Å². The molecule has 2 heterocycles.